The van der Waals surface area contributed by atoms with E-state index in [0.29, 0.717) is 25.4 Å². The number of carbonyl (C=O) groups is 1. The molecule has 1 aliphatic heterocycles. The minimum absolute atomic E-state index is 0.206. The van der Waals surface area contributed by atoms with E-state index < -0.39 is 0 Å². The Labute approximate surface area is 92.1 Å². The summed E-state index contributed by atoms with van der Waals surface area (Å²) in [6.45, 7) is 5.49. The zero-order chi connectivity index (χ0) is 11.1. The fraction of sp³-hybridized carbons (Fsp3) is 0.917. The van der Waals surface area contributed by atoms with E-state index in [1.807, 2.05) is 0 Å². The lowest BCUT2D eigenvalue weighted by molar-refractivity contribution is -0.131. The Morgan fingerprint density at radius 2 is 2.00 bits per heavy atom. The monoisotopic (exact) mass is 214 g/mol. The molecule has 0 aromatic rings. The van der Waals surface area contributed by atoms with Gasteiger partial charge in [-0.25, -0.2) is 0 Å². The van der Waals surface area contributed by atoms with Crippen LogP contribution in [0.1, 0.15) is 46.0 Å². The first-order valence-electron chi connectivity index (χ1n) is 6.03. The van der Waals surface area contributed by atoms with Crippen LogP contribution in [0, 0.1) is 5.92 Å². The Bertz CT molecular complexity index is 185. The normalized spacial score (nSPS) is 19.3. The van der Waals surface area contributed by atoms with E-state index >= 15 is 0 Å². The number of rotatable bonds is 7. The van der Waals surface area contributed by atoms with E-state index in [1.54, 1.807) is 0 Å². The van der Waals surface area contributed by atoms with Crippen LogP contribution < -0.4 is 0 Å². The van der Waals surface area contributed by atoms with Gasteiger partial charge in [-0.05, 0) is 12.8 Å². The molecule has 0 aromatic carbocycles. The first-order chi connectivity index (χ1) is 7.27. The van der Waals surface area contributed by atoms with Gasteiger partial charge in [-0.2, -0.15) is 0 Å². The molecule has 1 fully saturated rings. The Kier molecular flexibility index (Phi) is 5.88. The van der Waals surface area contributed by atoms with Crippen molar-refractivity contribution in [2.75, 3.05) is 13.2 Å². The van der Waals surface area contributed by atoms with Gasteiger partial charge in [0.15, 0.2) is 6.29 Å². The summed E-state index contributed by atoms with van der Waals surface area (Å²) in [7, 11) is 0. The van der Waals surface area contributed by atoms with Crippen molar-refractivity contribution >= 4 is 5.78 Å². The lowest BCUT2D eigenvalue weighted by Crippen LogP contribution is -2.21. The van der Waals surface area contributed by atoms with Gasteiger partial charge in [0, 0.05) is 5.92 Å². The van der Waals surface area contributed by atoms with Gasteiger partial charge in [0.25, 0.3) is 0 Å². The van der Waals surface area contributed by atoms with Crippen LogP contribution in [0.4, 0.5) is 0 Å². The zero-order valence-corrected chi connectivity index (χ0v) is 9.83. The van der Waals surface area contributed by atoms with Crippen LogP contribution in [0.25, 0.3) is 0 Å². The maximum atomic E-state index is 11.9. The molecule has 88 valence electrons. The first-order valence-corrected chi connectivity index (χ1v) is 6.03. The average Bonchev–Trinajstić information content (AvgIpc) is 2.71. The molecule has 15 heavy (non-hydrogen) atoms. The molecule has 1 atom stereocenters. The van der Waals surface area contributed by atoms with Gasteiger partial charge in [-0.3, -0.25) is 4.79 Å². The van der Waals surface area contributed by atoms with E-state index in [0.717, 1.165) is 25.7 Å². The van der Waals surface area contributed by atoms with E-state index in [2.05, 4.69) is 13.8 Å². The topological polar surface area (TPSA) is 35.5 Å². The second-order valence-corrected chi connectivity index (χ2v) is 4.09. The van der Waals surface area contributed by atoms with E-state index in [4.69, 9.17) is 9.47 Å². The summed E-state index contributed by atoms with van der Waals surface area (Å²) in [5, 5.41) is 0. The highest BCUT2D eigenvalue weighted by Gasteiger charge is 2.23. The van der Waals surface area contributed by atoms with Crippen LogP contribution in [-0.2, 0) is 14.3 Å². The molecule has 1 aliphatic rings. The zero-order valence-electron chi connectivity index (χ0n) is 9.83. The molecule has 0 aromatic heterocycles. The third-order valence-corrected chi connectivity index (χ3v) is 2.91. The SMILES string of the molecule is CCCC[C@H](CC)C(=O)CC1OCCO1. The molecule has 0 amide bonds. The lowest BCUT2D eigenvalue weighted by atomic mass is 9.93. The van der Waals surface area contributed by atoms with Gasteiger partial charge >= 0.3 is 0 Å². The molecule has 1 saturated heterocycles. The maximum absolute atomic E-state index is 11.9. The molecule has 0 bridgehead atoms. The summed E-state index contributed by atoms with van der Waals surface area (Å²) in [6, 6.07) is 0. The molecule has 0 spiro atoms. The van der Waals surface area contributed by atoms with Gasteiger partial charge < -0.3 is 9.47 Å². The van der Waals surface area contributed by atoms with Crippen molar-refractivity contribution in [1.82, 2.24) is 0 Å². The number of ether oxygens (including phenoxy) is 2. The molecule has 0 radical (unpaired) electrons. The third kappa shape index (κ3) is 4.31. The Hall–Kier alpha value is -0.410. The summed E-state index contributed by atoms with van der Waals surface area (Å²) in [6.07, 6.45) is 4.40. The number of unbranched alkanes of at least 4 members (excludes halogenated alkanes) is 1. The predicted molar refractivity (Wildman–Crippen MR) is 58.6 cm³/mol. The number of carbonyl (C=O) groups excluding carboxylic acids is 1. The second-order valence-electron chi connectivity index (χ2n) is 4.09. The van der Waals surface area contributed by atoms with Crippen LogP contribution in [0.3, 0.4) is 0 Å². The van der Waals surface area contributed by atoms with Crippen molar-refractivity contribution in [3.63, 3.8) is 0 Å². The second kappa shape index (κ2) is 6.96. The van der Waals surface area contributed by atoms with E-state index in [9.17, 15) is 4.79 Å². The maximum Gasteiger partial charge on any atom is 0.164 e. The van der Waals surface area contributed by atoms with E-state index in [-0.39, 0.29) is 12.2 Å². The standard InChI is InChI=1S/C12H22O3/c1-3-5-6-10(4-2)11(13)9-12-14-7-8-15-12/h10,12H,3-9H2,1-2H3/t10-/m0/s1. The highest BCUT2D eigenvalue weighted by Crippen LogP contribution is 2.18. The van der Waals surface area contributed by atoms with Crippen molar-refractivity contribution in [2.45, 2.75) is 52.2 Å². The Morgan fingerprint density at radius 1 is 1.33 bits per heavy atom. The highest BCUT2D eigenvalue weighted by atomic mass is 16.7. The molecule has 1 rings (SSSR count). The smallest absolute Gasteiger partial charge is 0.164 e. The van der Waals surface area contributed by atoms with Crippen LogP contribution in [-0.4, -0.2) is 25.3 Å². The molecule has 0 N–H and O–H groups in total. The van der Waals surface area contributed by atoms with Crippen molar-refractivity contribution in [1.29, 1.82) is 0 Å². The minimum Gasteiger partial charge on any atom is -0.350 e. The van der Waals surface area contributed by atoms with Gasteiger partial charge in [-0.1, -0.05) is 26.7 Å². The Balaban J connectivity index is 2.28. The lowest BCUT2D eigenvalue weighted by Gasteiger charge is -2.15. The van der Waals surface area contributed by atoms with Crippen LogP contribution in [0.2, 0.25) is 0 Å². The first kappa shape index (κ1) is 12.7. The van der Waals surface area contributed by atoms with Crippen molar-refractivity contribution < 1.29 is 14.3 Å². The van der Waals surface area contributed by atoms with Crippen LogP contribution in [0.15, 0.2) is 0 Å². The average molecular weight is 214 g/mol. The number of hydrogen-bond donors (Lipinski definition) is 0. The summed E-state index contributed by atoms with van der Waals surface area (Å²) < 4.78 is 10.6. The summed E-state index contributed by atoms with van der Waals surface area (Å²) in [4.78, 5) is 11.9. The van der Waals surface area contributed by atoms with Crippen LogP contribution in [0.5, 0.6) is 0 Å². The fourth-order valence-electron chi connectivity index (χ4n) is 1.90. The van der Waals surface area contributed by atoms with Crippen molar-refractivity contribution in [2.24, 2.45) is 5.92 Å². The largest absolute Gasteiger partial charge is 0.350 e. The van der Waals surface area contributed by atoms with Gasteiger partial charge in [0.1, 0.15) is 5.78 Å². The quantitative estimate of drug-likeness (QED) is 0.653. The number of hydrogen-bond acceptors (Lipinski definition) is 3. The number of Topliss-reactive ketones (excluding diaryl/α,β-unsaturated/α-hetero) is 1. The summed E-state index contributed by atoms with van der Waals surface area (Å²) >= 11 is 0. The van der Waals surface area contributed by atoms with Crippen LogP contribution >= 0.6 is 0 Å². The van der Waals surface area contributed by atoms with Gasteiger partial charge in [0.2, 0.25) is 0 Å². The molecule has 3 nitrogen and oxygen atoms in total. The van der Waals surface area contributed by atoms with Gasteiger partial charge in [0.05, 0.1) is 19.6 Å². The van der Waals surface area contributed by atoms with E-state index in [1.165, 1.54) is 0 Å². The highest BCUT2D eigenvalue weighted by molar-refractivity contribution is 5.81. The molecular formula is C12H22O3. The molecule has 1 heterocycles. The molecule has 0 saturated carbocycles. The van der Waals surface area contributed by atoms with Crippen molar-refractivity contribution in [3.8, 4) is 0 Å². The van der Waals surface area contributed by atoms with Gasteiger partial charge in [-0.15, -0.1) is 0 Å². The fourth-order valence-corrected chi connectivity index (χ4v) is 1.90. The predicted octanol–water partition coefficient (Wildman–Crippen LogP) is 2.53. The Morgan fingerprint density at radius 3 is 2.53 bits per heavy atom. The molecule has 0 unspecified atom stereocenters. The third-order valence-electron chi connectivity index (χ3n) is 2.91. The summed E-state index contributed by atoms with van der Waals surface area (Å²) in [5.41, 5.74) is 0. The molecule has 0 aliphatic carbocycles. The summed E-state index contributed by atoms with van der Waals surface area (Å²) in [5.74, 6) is 0.510. The number of ketones is 1. The molecular weight excluding hydrogens is 192 g/mol. The molecule has 3 heteroatoms. The van der Waals surface area contributed by atoms with Crippen molar-refractivity contribution in [3.05, 3.63) is 0 Å². The minimum atomic E-state index is -0.270.